The number of methoxy groups -OCH3 is 1. The van der Waals surface area contributed by atoms with E-state index in [0.29, 0.717) is 19.4 Å². The van der Waals surface area contributed by atoms with Crippen molar-refractivity contribution in [2.75, 3.05) is 13.7 Å². The SMILES string of the molecule is CCC(C(=O)N1CCCC1C(=O)OC)C(N)=S. The Balaban J connectivity index is 2.80. The number of hydrogen-bond acceptors (Lipinski definition) is 4. The Morgan fingerprint density at radius 3 is 2.71 bits per heavy atom. The third-order valence-corrected chi connectivity index (χ3v) is 3.34. The highest BCUT2D eigenvalue weighted by molar-refractivity contribution is 7.80. The molecule has 2 N–H and O–H groups in total. The molecule has 1 fully saturated rings. The lowest BCUT2D eigenvalue weighted by Crippen LogP contribution is -2.46. The van der Waals surface area contributed by atoms with Gasteiger partial charge in [0, 0.05) is 6.54 Å². The van der Waals surface area contributed by atoms with Crippen molar-refractivity contribution >= 4 is 29.1 Å². The molecular weight excluding hydrogens is 240 g/mol. The molecule has 96 valence electrons. The highest BCUT2D eigenvalue weighted by atomic mass is 32.1. The summed E-state index contributed by atoms with van der Waals surface area (Å²) in [7, 11) is 1.33. The molecule has 0 spiro atoms. The van der Waals surface area contributed by atoms with E-state index in [1.54, 1.807) is 4.90 Å². The number of hydrogen-bond donors (Lipinski definition) is 1. The van der Waals surface area contributed by atoms with Crippen LogP contribution in [-0.2, 0) is 14.3 Å². The van der Waals surface area contributed by atoms with Crippen molar-refractivity contribution in [1.29, 1.82) is 0 Å². The van der Waals surface area contributed by atoms with Gasteiger partial charge in [0.25, 0.3) is 0 Å². The summed E-state index contributed by atoms with van der Waals surface area (Å²) >= 11 is 4.87. The van der Waals surface area contributed by atoms with Gasteiger partial charge in [-0.2, -0.15) is 0 Å². The van der Waals surface area contributed by atoms with Gasteiger partial charge in [-0.25, -0.2) is 4.79 Å². The number of nitrogens with two attached hydrogens (primary N) is 1. The predicted octanol–water partition coefficient (Wildman–Crippen LogP) is 0.463. The Hall–Kier alpha value is -1.17. The molecule has 2 unspecified atom stereocenters. The van der Waals surface area contributed by atoms with Gasteiger partial charge < -0.3 is 15.4 Å². The summed E-state index contributed by atoms with van der Waals surface area (Å²) in [4.78, 5) is 25.5. The maximum atomic E-state index is 12.2. The molecule has 0 aromatic carbocycles. The number of carbonyl (C=O) groups is 2. The minimum atomic E-state index is -0.477. The number of carbonyl (C=O) groups excluding carboxylic acids is 2. The molecular formula is C11H18N2O3S. The fraction of sp³-hybridized carbons (Fsp3) is 0.727. The van der Waals surface area contributed by atoms with Crippen LogP contribution in [0.5, 0.6) is 0 Å². The quantitative estimate of drug-likeness (QED) is 0.586. The molecule has 0 saturated carbocycles. The largest absolute Gasteiger partial charge is 0.467 e. The maximum Gasteiger partial charge on any atom is 0.328 e. The number of thiocarbonyl (C=S) groups is 1. The van der Waals surface area contributed by atoms with E-state index in [-0.39, 0.29) is 16.9 Å². The third-order valence-electron chi connectivity index (χ3n) is 3.06. The van der Waals surface area contributed by atoms with E-state index < -0.39 is 12.0 Å². The van der Waals surface area contributed by atoms with E-state index in [0.717, 1.165) is 6.42 Å². The molecule has 1 saturated heterocycles. The van der Waals surface area contributed by atoms with Crippen molar-refractivity contribution in [3.63, 3.8) is 0 Å². The van der Waals surface area contributed by atoms with Crippen molar-refractivity contribution in [3.05, 3.63) is 0 Å². The zero-order chi connectivity index (χ0) is 13.0. The Kier molecular flexibility index (Phi) is 4.86. The van der Waals surface area contributed by atoms with Crippen LogP contribution in [0.2, 0.25) is 0 Å². The van der Waals surface area contributed by atoms with Crippen LogP contribution in [0.3, 0.4) is 0 Å². The summed E-state index contributed by atoms with van der Waals surface area (Å²) in [6.07, 6.45) is 2.00. The summed E-state index contributed by atoms with van der Waals surface area (Å²) in [5.41, 5.74) is 5.54. The summed E-state index contributed by atoms with van der Waals surface area (Å²) in [6.45, 7) is 2.42. The van der Waals surface area contributed by atoms with Crippen LogP contribution < -0.4 is 5.73 Å². The summed E-state index contributed by atoms with van der Waals surface area (Å²) < 4.78 is 4.69. The average molecular weight is 258 g/mol. The molecule has 1 amide bonds. The van der Waals surface area contributed by atoms with E-state index >= 15 is 0 Å². The van der Waals surface area contributed by atoms with Crippen LogP contribution in [0.25, 0.3) is 0 Å². The van der Waals surface area contributed by atoms with Gasteiger partial charge >= 0.3 is 5.97 Å². The van der Waals surface area contributed by atoms with Crippen LogP contribution in [0.4, 0.5) is 0 Å². The van der Waals surface area contributed by atoms with Crippen LogP contribution in [0.1, 0.15) is 26.2 Å². The molecule has 0 bridgehead atoms. The number of likely N-dealkylation sites (tertiary alicyclic amines) is 1. The second-order valence-corrected chi connectivity index (χ2v) is 4.55. The Morgan fingerprint density at radius 1 is 1.59 bits per heavy atom. The lowest BCUT2D eigenvalue weighted by atomic mass is 10.0. The van der Waals surface area contributed by atoms with Gasteiger partial charge in [0.1, 0.15) is 6.04 Å². The van der Waals surface area contributed by atoms with E-state index in [4.69, 9.17) is 22.7 Å². The molecule has 0 aromatic heterocycles. The molecule has 1 aliphatic rings. The Labute approximate surface area is 106 Å². The van der Waals surface area contributed by atoms with Crippen molar-refractivity contribution in [2.24, 2.45) is 11.7 Å². The smallest absolute Gasteiger partial charge is 0.328 e. The number of rotatable bonds is 4. The number of amides is 1. The van der Waals surface area contributed by atoms with Crippen LogP contribution in [0, 0.1) is 5.92 Å². The highest BCUT2D eigenvalue weighted by Crippen LogP contribution is 2.22. The van der Waals surface area contributed by atoms with Crippen molar-refractivity contribution < 1.29 is 14.3 Å². The molecule has 0 aromatic rings. The van der Waals surface area contributed by atoms with Crippen LogP contribution in [0.15, 0.2) is 0 Å². The first-order valence-corrected chi connectivity index (χ1v) is 6.11. The van der Waals surface area contributed by atoms with Gasteiger partial charge in [-0.05, 0) is 19.3 Å². The van der Waals surface area contributed by atoms with Gasteiger partial charge in [-0.15, -0.1) is 0 Å². The van der Waals surface area contributed by atoms with Gasteiger partial charge in [-0.1, -0.05) is 19.1 Å². The average Bonchev–Trinajstić information content (AvgIpc) is 2.77. The maximum absolute atomic E-state index is 12.2. The zero-order valence-electron chi connectivity index (χ0n) is 10.1. The van der Waals surface area contributed by atoms with Crippen LogP contribution in [-0.4, -0.2) is 41.5 Å². The van der Waals surface area contributed by atoms with Crippen molar-refractivity contribution in [1.82, 2.24) is 4.90 Å². The predicted molar refractivity (Wildman–Crippen MR) is 67.3 cm³/mol. The van der Waals surface area contributed by atoms with E-state index in [1.165, 1.54) is 7.11 Å². The monoisotopic (exact) mass is 258 g/mol. The summed E-state index contributed by atoms with van der Waals surface area (Å²) in [5.74, 6) is -1.00. The molecule has 0 aliphatic carbocycles. The molecule has 17 heavy (non-hydrogen) atoms. The fourth-order valence-electron chi connectivity index (χ4n) is 2.11. The standard InChI is InChI=1S/C11H18N2O3S/c1-3-7(9(12)17)10(14)13-6-4-5-8(13)11(15)16-2/h7-8H,3-6H2,1-2H3,(H2,12,17). The topological polar surface area (TPSA) is 72.6 Å². The van der Waals surface area contributed by atoms with Crippen molar-refractivity contribution in [2.45, 2.75) is 32.2 Å². The first-order valence-electron chi connectivity index (χ1n) is 5.70. The number of esters is 1. The molecule has 1 aliphatic heterocycles. The lowest BCUT2D eigenvalue weighted by Gasteiger charge is -2.26. The number of nitrogens with zero attached hydrogens (tertiary/aromatic N) is 1. The Morgan fingerprint density at radius 2 is 2.24 bits per heavy atom. The van der Waals surface area contributed by atoms with Gasteiger partial charge in [0.15, 0.2) is 0 Å². The first kappa shape index (κ1) is 13.9. The molecule has 1 rings (SSSR count). The summed E-state index contributed by atoms with van der Waals surface area (Å²) in [6, 6.07) is -0.476. The molecule has 1 heterocycles. The highest BCUT2D eigenvalue weighted by Gasteiger charge is 2.37. The normalized spacial score (nSPS) is 21.1. The Bertz CT molecular complexity index is 333. The van der Waals surface area contributed by atoms with E-state index in [1.807, 2.05) is 6.92 Å². The zero-order valence-corrected chi connectivity index (χ0v) is 11.0. The fourth-order valence-corrected chi connectivity index (χ4v) is 2.38. The molecule has 0 radical (unpaired) electrons. The van der Waals surface area contributed by atoms with Gasteiger partial charge in [0.05, 0.1) is 18.0 Å². The van der Waals surface area contributed by atoms with Crippen molar-refractivity contribution in [3.8, 4) is 0 Å². The van der Waals surface area contributed by atoms with Crippen LogP contribution >= 0.6 is 12.2 Å². The third kappa shape index (κ3) is 2.94. The van der Waals surface area contributed by atoms with E-state index in [2.05, 4.69) is 0 Å². The number of ether oxygens (including phenoxy) is 1. The lowest BCUT2D eigenvalue weighted by molar-refractivity contribution is -0.151. The van der Waals surface area contributed by atoms with E-state index in [9.17, 15) is 9.59 Å². The minimum Gasteiger partial charge on any atom is -0.467 e. The summed E-state index contributed by atoms with van der Waals surface area (Å²) in [5, 5.41) is 0. The van der Waals surface area contributed by atoms with Gasteiger partial charge in [-0.3, -0.25) is 4.79 Å². The molecule has 2 atom stereocenters. The second kappa shape index (κ2) is 5.95. The first-order chi connectivity index (χ1) is 8.02. The minimum absolute atomic E-state index is 0.159. The second-order valence-electron chi connectivity index (χ2n) is 4.08. The molecule has 5 nitrogen and oxygen atoms in total. The van der Waals surface area contributed by atoms with Gasteiger partial charge in [0.2, 0.25) is 5.91 Å². The molecule has 6 heteroatoms.